The summed E-state index contributed by atoms with van der Waals surface area (Å²) < 4.78 is 10.9. The van der Waals surface area contributed by atoms with Gasteiger partial charge in [-0.2, -0.15) is 0 Å². The summed E-state index contributed by atoms with van der Waals surface area (Å²) in [5, 5.41) is 30.3. The SMILES string of the molecule is COc1cc2oc3cc(O)cc(O)c3c(=O)c2c(CC=C(C)C)c1O. The van der Waals surface area contributed by atoms with Crippen LogP contribution in [-0.2, 0) is 6.42 Å². The second-order valence-corrected chi connectivity index (χ2v) is 6.03. The molecular formula is C19H18O6. The molecule has 3 aromatic rings. The number of aromatic hydroxyl groups is 3. The summed E-state index contributed by atoms with van der Waals surface area (Å²) in [4.78, 5) is 13.0. The van der Waals surface area contributed by atoms with Gasteiger partial charge < -0.3 is 24.5 Å². The maximum absolute atomic E-state index is 13.0. The summed E-state index contributed by atoms with van der Waals surface area (Å²) in [6.45, 7) is 3.82. The highest BCUT2D eigenvalue weighted by Crippen LogP contribution is 2.38. The monoisotopic (exact) mass is 342 g/mol. The van der Waals surface area contributed by atoms with Crippen molar-refractivity contribution < 1.29 is 24.5 Å². The molecule has 0 radical (unpaired) electrons. The molecule has 0 spiro atoms. The van der Waals surface area contributed by atoms with E-state index in [-0.39, 0.29) is 44.9 Å². The molecule has 0 amide bonds. The number of phenolic OH excluding ortho intramolecular Hbond substituents is 3. The lowest BCUT2D eigenvalue weighted by atomic mass is 10.0. The van der Waals surface area contributed by atoms with Crippen molar-refractivity contribution in [3.05, 3.63) is 45.6 Å². The molecule has 0 fully saturated rings. The van der Waals surface area contributed by atoms with E-state index in [1.807, 2.05) is 19.9 Å². The molecule has 0 aliphatic rings. The van der Waals surface area contributed by atoms with Crippen molar-refractivity contribution in [3.8, 4) is 23.0 Å². The fraction of sp³-hybridized carbons (Fsp3) is 0.211. The predicted octanol–water partition coefficient (Wildman–Crippen LogP) is 3.58. The normalized spacial score (nSPS) is 11.0. The lowest BCUT2D eigenvalue weighted by Crippen LogP contribution is -2.06. The van der Waals surface area contributed by atoms with Gasteiger partial charge in [0.2, 0.25) is 5.43 Å². The number of phenols is 3. The van der Waals surface area contributed by atoms with Gasteiger partial charge in [0.15, 0.2) is 11.5 Å². The second kappa shape index (κ2) is 6.05. The zero-order valence-corrected chi connectivity index (χ0v) is 14.1. The highest BCUT2D eigenvalue weighted by molar-refractivity contribution is 5.96. The van der Waals surface area contributed by atoms with Crippen molar-refractivity contribution in [1.82, 2.24) is 0 Å². The van der Waals surface area contributed by atoms with Crippen molar-refractivity contribution in [3.63, 3.8) is 0 Å². The van der Waals surface area contributed by atoms with Gasteiger partial charge in [-0.15, -0.1) is 0 Å². The summed E-state index contributed by atoms with van der Waals surface area (Å²) in [5.41, 5.74) is 1.15. The topological polar surface area (TPSA) is 100 Å². The standard InChI is InChI=1S/C19H18O6/c1-9(2)4-5-11-16-14(8-15(24-3)18(11)22)25-13-7-10(20)6-12(21)17(13)19(16)23/h4,6-8,20-22H,5H2,1-3H3. The van der Waals surface area contributed by atoms with Crippen LogP contribution in [0.1, 0.15) is 19.4 Å². The van der Waals surface area contributed by atoms with Crippen LogP contribution in [0.2, 0.25) is 0 Å². The highest BCUT2D eigenvalue weighted by Gasteiger charge is 2.20. The Morgan fingerprint density at radius 3 is 2.44 bits per heavy atom. The van der Waals surface area contributed by atoms with Crippen LogP contribution in [0.3, 0.4) is 0 Å². The van der Waals surface area contributed by atoms with Crippen molar-refractivity contribution in [2.24, 2.45) is 0 Å². The first-order valence-electron chi connectivity index (χ1n) is 7.68. The van der Waals surface area contributed by atoms with Crippen LogP contribution >= 0.6 is 0 Å². The van der Waals surface area contributed by atoms with Gasteiger partial charge in [-0.05, 0) is 20.3 Å². The van der Waals surface area contributed by atoms with Crippen molar-refractivity contribution in [1.29, 1.82) is 0 Å². The molecule has 1 aromatic heterocycles. The minimum atomic E-state index is -0.483. The van der Waals surface area contributed by atoms with E-state index in [2.05, 4.69) is 0 Å². The molecule has 3 N–H and O–H groups in total. The second-order valence-electron chi connectivity index (χ2n) is 6.03. The predicted molar refractivity (Wildman–Crippen MR) is 94.7 cm³/mol. The molecule has 130 valence electrons. The number of allylic oxidation sites excluding steroid dienone is 2. The number of hydrogen-bond donors (Lipinski definition) is 3. The average Bonchev–Trinajstić information content (AvgIpc) is 2.53. The zero-order chi connectivity index (χ0) is 18.3. The molecule has 0 aliphatic heterocycles. The number of benzene rings is 2. The Labute approximate surface area is 143 Å². The molecule has 6 heteroatoms. The van der Waals surface area contributed by atoms with Crippen LogP contribution < -0.4 is 10.2 Å². The molecule has 25 heavy (non-hydrogen) atoms. The Morgan fingerprint density at radius 2 is 1.80 bits per heavy atom. The van der Waals surface area contributed by atoms with Crippen molar-refractivity contribution >= 4 is 21.9 Å². The third-order valence-corrected chi connectivity index (χ3v) is 4.00. The van der Waals surface area contributed by atoms with Crippen LogP contribution in [0, 0.1) is 0 Å². The van der Waals surface area contributed by atoms with Gasteiger partial charge in [-0.25, -0.2) is 0 Å². The molecule has 6 nitrogen and oxygen atoms in total. The minimum absolute atomic E-state index is 0.0479. The van der Waals surface area contributed by atoms with Crippen LogP contribution in [0.15, 0.2) is 39.1 Å². The van der Waals surface area contributed by atoms with Gasteiger partial charge in [0.1, 0.15) is 28.1 Å². The Bertz CT molecular complexity index is 1070. The molecule has 0 saturated heterocycles. The summed E-state index contributed by atoms with van der Waals surface area (Å²) in [6, 6.07) is 3.74. The maximum atomic E-state index is 13.0. The first kappa shape index (κ1) is 16.7. The van der Waals surface area contributed by atoms with Gasteiger partial charge in [0, 0.05) is 23.8 Å². The van der Waals surface area contributed by atoms with Crippen LogP contribution in [0.5, 0.6) is 23.0 Å². The van der Waals surface area contributed by atoms with Gasteiger partial charge >= 0.3 is 0 Å². The molecule has 0 saturated carbocycles. The number of methoxy groups -OCH3 is 1. The van der Waals surface area contributed by atoms with Gasteiger partial charge in [-0.1, -0.05) is 11.6 Å². The van der Waals surface area contributed by atoms with E-state index in [9.17, 15) is 20.1 Å². The summed E-state index contributed by atoms with van der Waals surface area (Å²) in [7, 11) is 1.41. The van der Waals surface area contributed by atoms with E-state index < -0.39 is 5.43 Å². The molecule has 1 heterocycles. The number of ether oxygens (including phenoxy) is 1. The molecule has 2 aromatic carbocycles. The van der Waals surface area contributed by atoms with E-state index >= 15 is 0 Å². The molecule has 3 rings (SSSR count). The first-order valence-corrected chi connectivity index (χ1v) is 7.68. The summed E-state index contributed by atoms with van der Waals surface area (Å²) >= 11 is 0. The summed E-state index contributed by atoms with van der Waals surface area (Å²) in [6.07, 6.45) is 2.17. The van der Waals surface area contributed by atoms with Gasteiger partial charge in [0.05, 0.1) is 12.5 Å². The fourth-order valence-corrected chi connectivity index (χ4v) is 2.80. The quantitative estimate of drug-likeness (QED) is 0.497. The average molecular weight is 342 g/mol. The van der Waals surface area contributed by atoms with Crippen molar-refractivity contribution in [2.75, 3.05) is 7.11 Å². The lowest BCUT2D eigenvalue weighted by molar-refractivity contribution is 0.371. The fourth-order valence-electron chi connectivity index (χ4n) is 2.80. The first-order chi connectivity index (χ1) is 11.8. The Morgan fingerprint density at radius 1 is 1.12 bits per heavy atom. The molecule has 0 bridgehead atoms. The van der Waals surface area contributed by atoms with E-state index in [1.165, 1.54) is 19.2 Å². The third kappa shape index (κ3) is 2.76. The van der Waals surface area contributed by atoms with Crippen LogP contribution in [0.25, 0.3) is 21.9 Å². The Kier molecular flexibility index (Phi) is 4.04. The number of fused-ring (bicyclic) bond motifs is 2. The van der Waals surface area contributed by atoms with E-state index in [1.54, 1.807) is 0 Å². The van der Waals surface area contributed by atoms with Gasteiger partial charge in [-0.3, -0.25) is 4.79 Å². The van der Waals surface area contributed by atoms with E-state index in [0.29, 0.717) is 12.0 Å². The van der Waals surface area contributed by atoms with Crippen LogP contribution in [-0.4, -0.2) is 22.4 Å². The highest BCUT2D eigenvalue weighted by atomic mass is 16.5. The van der Waals surface area contributed by atoms with Gasteiger partial charge in [0.25, 0.3) is 0 Å². The third-order valence-electron chi connectivity index (χ3n) is 4.00. The lowest BCUT2D eigenvalue weighted by Gasteiger charge is -2.12. The van der Waals surface area contributed by atoms with Crippen molar-refractivity contribution in [2.45, 2.75) is 20.3 Å². The molecular weight excluding hydrogens is 324 g/mol. The summed E-state index contributed by atoms with van der Waals surface area (Å²) in [5.74, 6) is -0.564. The van der Waals surface area contributed by atoms with Crippen LogP contribution in [0.4, 0.5) is 0 Å². The van der Waals surface area contributed by atoms with E-state index in [4.69, 9.17) is 9.15 Å². The Hall–Kier alpha value is -3.15. The minimum Gasteiger partial charge on any atom is -0.508 e. The molecule has 0 aliphatic carbocycles. The number of rotatable bonds is 3. The van der Waals surface area contributed by atoms with E-state index in [0.717, 1.165) is 11.6 Å². The maximum Gasteiger partial charge on any atom is 0.204 e. The molecule has 0 unspecified atom stereocenters. The molecule has 0 atom stereocenters. The smallest absolute Gasteiger partial charge is 0.204 e. The number of hydrogen-bond acceptors (Lipinski definition) is 6. The Balaban J connectivity index is 2.51. The largest absolute Gasteiger partial charge is 0.508 e. The zero-order valence-electron chi connectivity index (χ0n) is 14.1.